The fourth-order valence-electron chi connectivity index (χ4n) is 4.96. The highest BCUT2D eigenvalue weighted by molar-refractivity contribution is 6.24. The van der Waals surface area contributed by atoms with Crippen LogP contribution >= 0.6 is 0 Å². The van der Waals surface area contributed by atoms with Gasteiger partial charge < -0.3 is 18.9 Å². The van der Waals surface area contributed by atoms with Gasteiger partial charge in [0.2, 0.25) is 11.8 Å². The fraction of sp³-hybridized carbons (Fsp3) is 0.400. The molecule has 180 valence electrons. The SMILES string of the molecule is CCOC(=O)C1(C)NC(c2cc(OC)ccc2OC)C2C(=O)N(c3cccc(OC)c3)C(=O)C21. The van der Waals surface area contributed by atoms with Crippen molar-refractivity contribution in [2.75, 3.05) is 32.8 Å². The van der Waals surface area contributed by atoms with Gasteiger partial charge in [-0.2, -0.15) is 0 Å². The molecular weight excluding hydrogens is 440 g/mol. The van der Waals surface area contributed by atoms with E-state index in [0.717, 1.165) is 4.90 Å². The summed E-state index contributed by atoms with van der Waals surface area (Å²) < 4.78 is 21.5. The van der Waals surface area contributed by atoms with E-state index in [4.69, 9.17) is 18.9 Å². The first kappa shape index (κ1) is 23.6. The van der Waals surface area contributed by atoms with E-state index >= 15 is 0 Å². The summed E-state index contributed by atoms with van der Waals surface area (Å²) in [6.07, 6.45) is 0. The molecule has 34 heavy (non-hydrogen) atoms. The Labute approximate surface area is 197 Å². The minimum absolute atomic E-state index is 0.141. The lowest BCUT2D eigenvalue weighted by atomic mass is 9.80. The van der Waals surface area contributed by atoms with Crippen LogP contribution in [-0.2, 0) is 19.1 Å². The van der Waals surface area contributed by atoms with Gasteiger partial charge in [0.05, 0.1) is 45.5 Å². The normalized spacial score (nSPS) is 25.8. The molecule has 2 aliphatic heterocycles. The van der Waals surface area contributed by atoms with Gasteiger partial charge in [0.25, 0.3) is 0 Å². The van der Waals surface area contributed by atoms with Crippen LogP contribution in [0.3, 0.4) is 0 Å². The summed E-state index contributed by atoms with van der Waals surface area (Å²) in [5.41, 5.74) is -0.440. The number of ether oxygens (including phenoxy) is 4. The summed E-state index contributed by atoms with van der Waals surface area (Å²) in [4.78, 5) is 41.8. The quantitative estimate of drug-likeness (QED) is 0.488. The zero-order valence-corrected chi connectivity index (χ0v) is 19.8. The van der Waals surface area contributed by atoms with E-state index in [1.165, 1.54) is 21.3 Å². The van der Waals surface area contributed by atoms with Crippen molar-refractivity contribution < 1.29 is 33.3 Å². The van der Waals surface area contributed by atoms with E-state index in [1.54, 1.807) is 56.3 Å². The van der Waals surface area contributed by atoms with Crippen LogP contribution in [0.2, 0.25) is 0 Å². The van der Waals surface area contributed by atoms with Crippen molar-refractivity contribution in [3.8, 4) is 17.2 Å². The average Bonchev–Trinajstić information content (AvgIpc) is 3.31. The molecule has 2 saturated heterocycles. The Morgan fingerprint density at radius 2 is 1.71 bits per heavy atom. The van der Waals surface area contributed by atoms with Crippen LogP contribution in [0.5, 0.6) is 17.2 Å². The third-order valence-corrected chi connectivity index (χ3v) is 6.57. The number of fused-ring (bicyclic) bond motifs is 1. The molecule has 2 aliphatic rings. The minimum Gasteiger partial charge on any atom is -0.497 e. The highest BCUT2D eigenvalue weighted by Gasteiger charge is 2.67. The summed E-state index contributed by atoms with van der Waals surface area (Å²) in [5.74, 6) is -1.77. The molecule has 4 rings (SSSR count). The van der Waals surface area contributed by atoms with Crippen LogP contribution in [0.15, 0.2) is 42.5 Å². The predicted molar refractivity (Wildman–Crippen MR) is 123 cm³/mol. The number of nitrogens with zero attached hydrogens (tertiary/aromatic N) is 1. The van der Waals surface area contributed by atoms with E-state index < -0.39 is 41.2 Å². The van der Waals surface area contributed by atoms with Crippen molar-refractivity contribution in [2.24, 2.45) is 11.8 Å². The Morgan fingerprint density at radius 3 is 2.35 bits per heavy atom. The zero-order valence-electron chi connectivity index (χ0n) is 19.8. The molecule has 0 aliphatic carbocycles. The van der Waals surface area contributed by atoms with Gasteiger partial charge >= 0.3 is 5.97 Å². The van der Waals surface area contributed by atoms with Crippen LogP contribution in [0, 0.1) is 11.8 Å². The standard InChI is InChI=1S/C25H28N2O7/c1-6-34-24(30)25(2)20-19(21(26-25)17-13-16(32-4)10-11-18(17)33-5)22(28)27(23(20)29)14-8-7-9-15(12-14)31-3/h7-13,19-21,26H,6H2,1-5H3. The van der Waals surface area contributed by atoms with Crippen molar-refractivity contribution in [3.63, 3.8) is 0 Å². The van der Waals surface area contributed by atoms with E-state index in [9.17, 15) is 14.4 Å². The average molecular weight is 469 g/mol. The second kappa shape index (κ2) is 8.98. The number of esters is 1. The molecule has 4 unspecified atom stereocenters. The lowest BCUT2D eigenvalue weighted by Crippen LogP contribution is -2.54. The summed E-state index contributed by atoms with van der Waals surface area (Å²) in [6.45, 7) is 3.44. The number of imide groups is 1. The van der Waals surface area contributed by atoms with Gasteiger partial charge in [0.1, 0.15) is 22.8 Å². The molecule has 0 saturated carbocycles. The largest absolute Gasteiger partial charge is 0.497 e. The molecule has 2 fully saturated rings. The molecule has 9 heteroatoms. The molecule has 0 aromatic heterocycles. The molecule has 2 amide bonds. The highest BCUT2D eigenvalue weighted by Crippen LogP contribution is 2.52. The van der Waals surface area contributed by atoms with Crippen LogP contribution in [0.4, 0.5) is 5.69 Å². The third kappa shape index (κ3) is 3.56. The lowest BCUT2D eigenvalue weighted by molar-refractivity contribution is -0.153. The smallest absolute Gasteiger partial charge is 0.326 e. The number of carbonyl (C=O) groups excluding carboxylic acids is 3. The van der Waals surface area contributed by atoms with Crippen molar-refractivity contribution >= 4 is 23.5 Å². The fourth-order valence-corrected chi connectivity index (χ4v) is 4.96. The van der Waals surface area contributed by atoms with Gasteiger partial charge in [-0.25, -0.2) is 4.90 Å². The number of anilines is 1. The number of carbonyl (C=O) groups is 3. The Morgan fingerprint density at radius 1 is 1.00 bits per heavy atom. The van der Waals surface area contributed by atoms with Crippen molar-refractivity contribution in [3.05, 3.63) is 48.0 Å². The van der Waals surface area contributed by atoms with Gasteiger partial charge in [-0.15, -0.1) is 0 Å². The topological polar surface area (TPSA) is 103 Å². The number of methoxy groups -OCH3 is 3. The highest BCUT2D eigenvalue weighted by atomic mass is 16.5. The second-order valence-electron chi connectivity index (χ2n) is 8.37. The number of hydrogen-bond acceptors (Lipinski definition) is 8. The number of amides is 2. The molecule has 0 radical (unpaired) electrons. The molecule has 9 nitrogen and oxygen atoms in total. The van der Waals surface area contributed by atoms with Crippen LogP contribution < -0.4 is 24.4 Å². The molecule has 2 aromatic rings. The first-order valence-electron chi connectivity index (χ1n) is 11.0. The maximum atomic E-state index is 13.8. The molecule has 2 heterocycles. The van der Waals surface area contributed by atoms with Gasteiger partial charge in [-0.05, 0) is 44.2 Å². The summed E-state index contributed by atoms with van der Waals surface area (Å²) in [7, 11) is 4.56. The first-order chi connectivity index (χ1) is 16.3. The maximum absolute atomic E-state index is 13.8. The molecule has 0 spiro atoms. The summed E-state index contributed by atoms with van der Waals surface area (Å²) in [5, 5.41) is 3.25. The van der Waals surface area contributed by atoms with Gasteiger partial charge in [-0.1, -0.05) is 6.07 Å². The Hall–Kier alpha value is -3.59. The van der Waals surface area contributed by atoms with Crippen LogP contribution in [0.25, 0.3) is 0 Å². The Bertz CT molecular complexity index is 1130. The number of benzene rings is 2. The van der Waals surface area contributed by atoms with E-state index in [-0.39, 0.29) is 6.61 Å². The van der Waals surface area contributed by atoms with Gasteiger partial charge in [0, 0.05) is 17.7 Å². The predicted octanol–water partition coefficient (Wildman–Crippen LogP) is 2.48. The van der Waals surface area contributed by atoms with E-state index in [1.807, 2.05) is 0 Å². The minimum atomic E-state index is -1.43. The van der Waals surface area contributed by atoms with Gasteiger partial charge in [-0.3, -0.25) is 19.7 Å². The number of rotatable bonds is 7. The van der Waals surface area contributed by atoms with Crippen molar-refractivity contribution in [2.45, 2.75) is 25.4 Å². The number of hydrogen-bond donors (Lipinski definition) is 1. The van der Waals surface area contributed by atoms with E-state index in [0.29, 0.717) is 28.5 Å². The van der Waals surface area contributed by atoms with Crippen molar-refractivity contribution in [1.29, 1.82) is 0 Å². The number of nitrogens with one attached hydrogen (secondary N) is 1. The monoisotopic (exact) mass is 468 g/mol. The molecule has 0 bridgehead atoms. The van der Waals surface area contributed by atoms with Gasteiger partial charge in [0.15, 0.2) is 0 Å². The zero-order chi connectivity index (χ0) is 24.6. The van der Waals surface area contributed by atoms with Crippen LogP contribution in [-0.4, -0.2) is 51.3 Å². The molecule has 2 aromatic carbocycles. The van der Waals surface area contributed by atoms with Crippen molar-refractivity contribution in [1.82, 2.24) is 5.32 Å². The lowest BCUT2D eigenvalue weighted by Gasteiger charge is -2.29. The Kier molecular flexibility index (Phi) is 6.22. The first-order valence-corrected chi connectivity index (χ1v) is 11.0. The molecule has 1 N–H and O–H groups in total. The van der Waals surface area contributed by atoms with E-state index in [2.05, 4.69) is 5.32 Å². The summed E-state index contributed by atoms with van der Waals surface area (Å²) >= 11 is 0. The van der Waals surface area contributed by atoms with Crippen LogP contribution in [0.1, 0.15) is 25.5 Å². The maximum Gasteiger partial charge on any atom is 0.326 e. The Balaban J connectivity index is 1.86. The summed E-state index contributed by atoms with van der Waals surface area (Å²) in [6, 6.07) is 11.2. The third-order valence-electron chi connectivity index (χ3n) is 6.57. The second-order valence-corrected chi connectivity index (χ2v) is 8.37. The molecule has 4 atom stereocenters. The molecular formula is C25H28N2O7.